The topological polar surface area (TPSA) is 56.7 Å². The third-order valence-corrected chi connectivity index (χ3v) is 3.14. The van der Waals surface area contributed by atoms with E-state index in [2.05, 4.69) is 34.4 Å². The van der Waals surface area contributed by atoms with Crippen molar-refractivity contribution < 1.29 is 4.79 Å². The lowest BCUT2D eigenvalue weighted by Crippen LogP contribution is -2.32. The zero-order chi connectivity index (χ0) is 13.7. The second-order valence-electron chi connectivity index (χ2n) is 4.33. The number of hydrogen-bond acceptors (Lipinski definition) is 4. The minimum Gasteiger partial charge on any atom is -0.372 e. The summed E-state index contributed by atoms with van der Waals surface area (Å²) in [7, 11) is 0. The second-order valence-corrected chi connectivity index (χ2v) is 4.33. The lowest BCUT2D eigenvalue weighted by molar-refractivity contribution is -0.110. The lowest BCUT2D eigenvalue weighted by Gasteiger charge is -2.21. The fourth-order valence-electron chi connectivity index (χ4n) is 2.08. The highest BCUT2D eigenvalue weighted by Gasteiger charge is 2.14. The Bertz CT molecular complexity index is 463. The van der Waals surface area contributed by atoms with Crippen molar-refractivity contribution in [3.8, 4) is 0 Å². The Morgan fingerprint density at radius 1 is 1.32 bits per heavy atom. The second kappa shape index (κ2) is 6.22. The fraction of sp³-hybridized carbons (Fsp3) is 0.429. The largest absolute Gasteiger partial charge is 0.372 e. The van der Waals surface area contributed by atoms with Crippen LogP contribution < -0.4 is 15.5 Å². The van der Waals surface area contributed by atoms with E-state index in [-0.39, 0.29) is 5.91 Å². The van der Waals surface area contributed by atoms with Crippen LogP contribution in [0.1, 0.15) is 13.8 Å². The Balaban J connectivity index is 2.00. The highest BCUT2D eigenvalue weighted by Crippen LogP contribution is 2.17. The normalized spacial score (nSPS) is 13.7. The minimum absolute atomic E-state index is 0.173. The summed E-state index contributed by atoms with van der Waals surface area (Å²) in [5.74, 6) is 0.251. The number of nitrogens with one attached hydrogen (secondary N) is 2. The van der Waals surface area contributed by atoms with Gasteiger partial charge in [-0.15, -0.1) is 0 Å². The van der Waals surface area contributed by atoms with E-state index in [0.29, 0.717) is 12.4 Å². The molecule has 0 aliphatic carbocycles. The van der Waals surface area contributed by atoms with Gasteiger partial charge < -0.3 is 15.5 Å². The van der Waals surface area contributed by atoms with Crippen LogP contribution in [-0.2, 0) is 4.79 Å². The summed E-state index contributed by atoms with van der Waals surface area (Å²) in [5, 5.41) is 5.79. The van der Waals surface area contributed by atoms with Crippen LogP contribution in [0.2, 0.25) is 0 Å². The van der Waals surface area contributed by atoms with E-state index in [1.807, 2.05) is 24.3 Å². The summed E-state index contributed by atoms with van der Waals surface area (Å²) in [6.45, 7) is 7.62. The van der Waals surface area contributed by atoms with Crippen molar-refractivity contribution >= 4 is 23.1 Å². The number of nitrogens with zero attached hydrogens (tertiary/aromatic N) is 2. The van der Waals surface area contributed by atoms with E-state index in [4.69, 9.17) is 0 Å². The summed E-state index contributed by atoms with van der Waals surface area (Å²) >= 11 is 0. The molecule has 0 atom stereocenters. The number of anilines is 2. The monoisotopic (exact) mass is 260 g/mol. The molecular formula is C14H20N4O. The molecule has 19 heavy (non-hydrogen) atoms. The molecule has 0 spiro atoms. The van der Waals surface area contributed by atoms with Gasteiger partial charge in [0.15, 0.2) is 5.84 Å². The molecule has 1 aliphatic heterocycles. The summed E-state index contributed by atoms with van der Waals surface area (Å²) in [6, 6.07) is 7.88. The quantitative estimate of drug-likeness (QED) is 0.843. The van der Waals surface area contributed by atoms with Crippen LogP contribution in [0, 0.1) is 0 Å². The SMILES string of the molecule is CCN(CC)c1ccc(NC(=O)C2=NCCN2)cc1. The number of amidine groups is 1. The van der Waals surface area contributed by atoms with E-state index < -0.39 is 0 Å². The van der Waals surface area contributed by atoms with Crippen LogP contribution in [0.3, 0.4) is 0 Å². The Morgan fingerprint density at radius 2 is 2.00 bits per heavy atom. The van der Waals surface area contributed by atoms with Gasteiger partial charge in [-0.25, -0.2) is 0 Å². The molecule has 1 amide bonds. The van der Waals surface area contributed by atoms with Crippen molar-refractivity contribution in [1.82, 2.24) is 5.32 Å². The average Bonchev–Trinajstić information content (AvgIpc) is 2.96. The Kier molecular flexibility index (Phi) is 4.39. The summed E-state index contributed by atoms with van der Waals surface area (Å²) in [5.41, 5.74) is 1.96. The van der Waals surface area contributed by atoms with Crippen molar-refractivity contribution in [3.05, 3.63) is 24.3 Å². The number of benzene rings is 1. The predicted molar refractivity (Wildman–Crippen MR) is 78.9 cm³/mol. The van der Waals surface area contributed by atoms with E-state index in [9.17, 15) is 4.79 Å². The van der Waals surface area contributed by atoms with Crippen molar-refractivity contribution in [3.63, 3.8) is 0 Å². The van der Waals surface area contributed by atoms with Gasteiger partial charge in [-0.05, 0) is 38.1 Å². The van der Waals surface area contributed by atoms with E-state index >= 15 is 0 Å². The Hall–Kier alpha value is -2.04. The van der Waals surface area contributed by atoms with Gasteiger partial charge in [0.05, 0.1) is 6.54 Å². The maximum atomic E-state index is 11.8. The van der Waals surface area contributed by atoms with E-state index in [0.717, 1.165) is 25.3 Å². The molecule has 0 bridgehead atoms. The van der Waals surface area contributed by atoms with Gasteiger partial charge in [0.25, 0.3) is 5.91 Å². The third kappa shape index (κ3) is 3.24. The number of hydrogen-bond donors (Lipinski definition) is 2. The van der Waals surface area contributed by atoms with Crippen molar-refractivity contribution in [1.29, 1.82) is 0 Å². The van der Waals surface area contributed by atoms with Gasteiger partial charge in [0.2, 0.25) is 0 Å². The third-order valence-electron chi connectivity index (χ3n) is 3.14. The van der Waals surface area contributed by atoms with Crippen LogP contribution in [0.4, 0.5) is 11.4 Å². The standard InChI is InChI=1S/C14H20N4O/c1-3-18(4-2)12-7-5-11(6-8-12)17-14(19)13-15-9-10-16-13/h5-8H,3-4,9-10H2,1-2H3,(H,15,16)(H,17,19). The van der Waals surface area contributed by atoms with Crippen LogP contribution in [0.15, 0.2) is 29.3 Å². The maximum absolute atomic E-state index is 11.8. The van der Waals surface area contributed by atoms with Crippen molar-refractivity contribution in [2.24, 2.45) is 4.99 Å². The molecule has 2 rings (SSSR count). The zero-order valence-corrected chi connectivity index (χ0v) is 11.4. The summed E-state index contributed by atoms with van der Waals surface area (Å²) in [4.78, 5) is 18.2. The van der Waals surface area contributed by atoms with E-state index in [1.54, 1.807) is 0 Å². The molecular weight excluding hydrogens is 240 g/mol. The van der Waals surface area contributed by atoms with Crippen LogP contribution in [0.25, 0.3) is 0 Å². The first kappa shape index (κ1) is 13.4. The van der Waals surface area contributed by atoms with Gasteiger partial charge in [-0.1, -0.05) is 0 Å². The average molecular weight is 260 g/mol. The molecule has 1 aromatic carbocycles. The Morgan fingerprint density at radius 3 is 2.53 bits per heavy atom. The minimum atomic E-state index is -0.173. The fourth-order valence-corrected chi connectivity index (χ4v) is 2.08. The molecule has 1 aliphatic rings. The molecule has 2 N–H and O–H groups in total. The first-order valence-electron chi connectivity index (χ1n) is 6.69. The first-order valence-corrected chi connectivity index (χ1v) is 6.69. The lowest BCUT2D eigenvalue weighted by atomic mass is 10.2. The molecule has 1 heterocycles. The zero-order valence-electron chi connectivity index (χ0n) is 11.4. The van der Waals surface area contributed by atoms with Gasteiger partial charge in [-0.2, -0.15) is 0 Å². The summed E-state index contributed by atoms with van der Waals surface area (Å²) < 4.78 is 0. The number of amides is 1. The maximum Gasteiger partial charge on any atom is 0.290 e. The van der Waals surface area contributed by atoms with Gasteiger partial charge in [0, 0.05) is 31.0 Å². The van der Waals surface area contributed by atoms with Crippen molar-refractivity contribution in [2.75, 3.05) is 36.4 Å². The highest BCUT2D eigenvalue weighted by molar-refractivity contribution is 6.42. The first-order chi connectivity index (χ1) is 9.24. The van der Waals surface area contributed by atoms with Crippen molar-refractivity contribution in [2.45, 2.75) is 13.8 Å². The van der Waals surface area contributed by atoms with Gasteiger partial charge in [0.1, 0.15) is 0 Å². The number of rotatable bonds is 5. The molecule has 5 heteroatoms. The smallest absolute Gasteiger partial charge is 0.290 e. The Labute approximate surface area is 113 Å². The molecule has 0 saturated carbocycles. The number of aliphatic imine (C=N–C) groups is 1. The molecule has 1 aromatic rings. The molecule has 0 aromatic heterocycles. The van der Waals surface area contributed by atoms with Gasteiger partial charge >= 0.3 is 0 Å². The number of carbonyl (C=O) groups is 1. The molecule has 5 nitrogen and oxygen atoms in total. The van der Waals surface area contributed by atoms with Crippen LogP contribution in [0.5, 0.6) is 0 Å². The number of carbonyl (C=O) groups excluding carboxylic acids is 1. The van der Waals surface area contributed by atoms with Gasteiger partial charge in [-0.3, -0.25) is 9.79 Å². The van der Waals surface area contributed by atoms with Crippen LogP contribution in [-0.4, -0.2) is 37.9 Å². The molecule has 0 fully saturated rings. The molecule has 102 valence electrons. The molecule has 0 radical (unpaired) electrons. The summed E-state index contributed by atoms with van der Waals surface area (Å²) in [6.07, 6.45) is 0. The molecule has 0 saturated heterocycles. The van der Waals surface area contributed by atoms with Crippen LogP contribution >= 0.6 is 0 Å². The highest BCUT2D eigenvalue weighted by atomic mass is 16.2. The predicted octanol–water partition coefficient (Wildman–Crippen LogP) is 1.47. The molecule has 0 unspecified atom stereocenters. The van der Waals surface area contributed by atoms with E-state index in [1.165, 1.54) is 5.69 Å².